The molecule has 0 saturated heterocycles. The monoisotopic (exact) mass is 335 g/mol. The third kappa shape index (κ3) is 4.73. The van der Waals surface area contributed by atoms with E-state index in [0.29, 0.717) is 12.1 Å². The summed E-state index contributed by atoms with van der Waals surface area (Å²) in [5, 5.41) is 0. The van der Waals surface area contributed by atoms with Crippen molar-refractivity contribution in [2.75, 3.05) is 0 Å². The minimum absolute atomic E-state index is 0.224. The van der Waals surface area contributed by atoms with Gasteiger partial charge in [0.2, 0.25) is 0 Å². The molecule has 3 nitrogen and oxygen atoms in total. The standard InChI is InChI=1S/C21H18FNO2/c22-18-12-9-16(10-13-18)11-14-20(24)25-21(17-6-2-1-3-7-17)19-8-4-5-15-23-19/h1-10,12-13,15,21H,11,14H2. The van der Waals surface area contributed by atoms with Gasteiger partial charge in [-0.25, -0.2) is 4.39 Å². The topological polar surface area (TPSA) is 39.2 Å². The van der Waals surface area contributed by atoms with Gasteiger partial charge in [0.1, 0.15) is 5.82 Å². The highest BCUT2D eigenvalue weighted by Crippen LogP contribution is 2.25. The van der Waals surface area contributed by atoms with E-state index >= 15 is 0 Å². The van der Waals surface area contributed by atoms with Crippen LogP contribution in [0.15, 0.2) is 79.0 Å². The number of aryl methyl sites for hydroxylation is 1. The molecule has 0 radical (unpaired) electrons. The number of benzene rings is 2. The summed E-state index contributed by atoms with van der Waals surface area (Å²) < 4.78 is 18.6. The van der Waals surface area contributed by atoms with Crippen molar-refractivity contribution in [1.82, 2.24) is 4.98 Å². The Hall–Kier alpha value is -3.01. The number of hydrogen-bond acceptors (Lipinski definition) is 3. The Morgan fingerprint density at radius 3 is 2.36 bits per heavy atom. The van der Waals surface area contributed by atoms with Gasteiger partial charge < -0.3 is 4.74 Å². The highest BCUT2D eigenvalue weighted by molar-refractivity contribution is 5.70. The third-order valence-corrected chi connectivity index (χ3v) is 3.84. The molecule has 1 heterocycles. The van der Waals surface area contributed by atoms with Crippen molar-refractivity contribution >= 4 is 5.97 Å². The average Bonchev–Trinajstić information content (AvgIpc) is 2.67. The van der Waals surface area contributed by atoms with Crippen LogP contribution in [-0.4, -0.2) is 11.0 Å². The number of esters is 1. The van der Waals surface area contributed by atoms with E-state index in [4.69, 9.17) is 4.74 Å². The fourth-order valence-corrected chi connectivity index (χ4v) is 2.55. The molecule has 1 aromatic heterocycles. The number of carbonyl (C=O) groups is 1. The van der Waals surface area contributed by atoms with Crippen LogP contribution in [-0.2, 0) is 16.0 Å². The van der Waals surface area contributed by atoms with E-state index in [1.807, 2.05) is 48.5 Å². The van der Waals surface area contributed by atoms with E-state index in [-0.39, 0.29) is 18.2 Å². The molecule has 3 aromatic rings. The molecule has 3 rings (SSSR count). The molecule has 1 unspecified atom stereocenters. The summed E-state index contributed by atoms with van der Waals surface area (Å²) in [6.07, 6.45) is 1.87. The molecule has 126 valence electrons. The second-order valence-corrected chi connectivity index (χ2v) is 5.66. The van der Waals surface area contributed by atoms with E-state index < -0.39 is 6.10 Å². The molecule has 0 N–H and O–H groups in total. The zero-order chi connectivity index (χ0) is 17.5. The Labute approximate surface area is 146 Å². The number of nitrogens with zero attached hydrogens (tertiary/aromatic N) is 1. The van der Waals surface area contributed by atoms with Crippen molar-refractivity contribution in [2.24, 2.45) is 0 Å². The van der Waals surface area contributed by atoms with Gasteiger partial charge >= 0.3 is 5.97 Å². The molecular formula is C21H18FNO2. The minimum Gasteiger partial charge on any atom is -0.451 e. The average molecular weight is 335 g/mol. The summed E-state index contributed by atoms with van der Waals surface area (Å²) in [7, 11) is 0. The molecular weight excluding hydrogens is 317 g/mol. The zero-order valence-corrected chi connectivity index (χ0v) is 13.6. The van der Waals surface area contributed by atoms with Gasteiger partial charge in [0.05, 0.1) is 5.69 Å². The number of halogens is 1. The third-order valence-electron chi connectivity index (χ3n) is 3.84. The fraction of sp³-hybridized carbons (Fsp3) is 0.143. The number of aromatic nitrogens is 1. The summed E-state index contributed by atoms with van der Waals surface area (Å²) in [6, 6.07) is 21.2. The fourth-order valence-electron chi connectivity index (χ4n) is 2.55. The van der Waals surface area contributed by atoms with Gasteiger partial charge in [-0.1, -0.05) is 48.5 Å². The number of rotatable bonds is 6. The molecule has 0 fully saturated rings. The molecule has 25 heavy (non-hydrogen) atoms. The van der Waals surface area contributed by atoms with Crippen molar-refractivity contribution in [1.29, 1.82) is 0 Å². The van der Waals surface area contributed by atoms with E-state index in [2.05, 4.69) is 4.98 Å². The van der Waals surface area contributed by atoms with E-state index in [0.717, 1.165) is 11.1 Å². The van der Waals surface area contributed by atoms with Crippen LogP contribution >= 0.6 is 0 Å². The smallest absolute Gasteiger partial charge is 0.307 e. The number of ether oxygens (including phenoxy) is 1. The summed E-state index contributed by atoms with van der Waals surface area (Å²) >= 11 is 0. The van der Waals surface area contributed by atoms with E-state index in [9.17, 15) is 9.18 Å². The molecule has 0 aliphatic heterocycles. The normalized spacial score (nSPS) is 11.7. The molecule has 1 atom stereocenters. The summed E-state index contributed by atoms with van der Waals surface area (Å²) in [5.74, 6) is -0.602. The first-order valence-corrected chi connectivity index (χ1v) is 8.12. The van der Waals surface area contributed by atoms with Gasteiger partial charge in [0, 0.05) is 12.6 Å². The van der Waals surface area contributed by atoms with Gasteiger partial charge in [-0.2, -0.15) is 0 Å². The highest BCUT2D eigenvalue weighted by Gasteiger charge is 2.19. The van der Waals surface area contributed by atoms with Crippen LogP contribution in [0.2, 0.25) is 0 Å². The SMILES string of the molecule is O=C(CCc1ccc(F)cc1)OC(c1ccccc1)c1ccccn1. The van der Waals surface area contributed by atoms with Crippen molar-refractivity contribution < 1.29 is 13.9 Å². The van der Waals surface area contributed by atoms with E-state index in [1.165, 1.54) is 12.1 Å². The second kappa shape index (κ2) is 8.20. The van der Waals surface area contributed by atoms with Crippen LogP contribution in [0.25, 0.3) is 0 Å². The summed E-state index contributed by atoms with van der Waals surface area (Å²) in [6.45, 7) is 0. The first-order chi connectivity index (χ1) is 12.2. The second-order valence-electron chi connectivity index (χ2n) is 5.66. The molecule has 4 heteroatoms. The lowest BCUT2D eigenvalue weighted by Crippen LogP contribution is -2.14. The largest absolute Gasteiger partial charge is 0.451 e. The number of hydrogen-bond donors (Lipinski definition) is 0. The van der Waals surface area contributed by atoms with Crippen LogP contribution < -0.4 is 0 Å². The Kier molecular flexibility index (Phi) is 5.52. The summed E-state index contributed by atoms with van der Waals surface area (Å²) in [4.78, 5) is 16.6. The Bertz CT molecular complexity index is 765. The van der Waals surface area contributed by atoms with Gasteiger partial charge in [-0.05, 0) is 41.8 Å². The van der Waals surface area contributed by atoms with Gasteiger partial charge in [-0.15, -0.1) is 0 Å². The van der Waals surface area contributed by atoms with Gasteiger partial charge in [0.25, 0.3) is 0 Å². The van der Waals surface area contributed by atoms with Crippen LogP contribution in [0.1, 0.15) is 29.3 Å². The van der Waals surface area contributed by atoms with Crippen molar-refractivity contribution in [3.8, 4) is 0 Å². The zero-order valence-electron chi connectivity index (χ0n) is 13.6. The van der Waals surface area contributed by atoms with Gasteiger partial charge in [0.15, 0.2) is 6.10 Å². The minimum atomic E-state index is -0.539. The number of pyridine rings is 1. The lowest BCUT2D eigenvalue weighted by molar-refractivity contribution is -0.147. The lowest BCUT2D eigenvalue weighted by Gasteiger charge is -2.18. The maximum Gasteiger partial charge on any atom is 0.307 e. The molecule has 2 aromatic carbocycles. The first kappa shape index (κ1) is 16.8. The Morgan fingerprint density at radius 1 is 0.960 bits per heavy atom. The Balaban J connectivity index is 1.69. The molecule has 0 aliphatic rings. The van der Waals surface area contributed by atoms with Gasteiger partial charge in [-0.3, -0.25) is 9.78 Å². The Morgan fingerprint density at radius 2 is 1.68 bits per heavy atom. The molecule has 0 spiro atoms. The van der Waals surface area contributed by atoms with Crippen molar-refractivity contribution in [3.63, 3.8) is 0 Å². The highest BCUT2D eigenvalue weighted by atomic mass is 19.1. The predicted octanol–water partition coefficient (Wildman–Crippen LogP) is 4.49. The predicted molar refractivity (Wildman–Crippen MR) is 93.3 cm³/mol. The summed E-state index contributed by atoms with van der Waals surface area (Å²) in [5.41, 5.74) is 2.45. The van der Waals surface area contributed by atoms with Crippen molar-refractivity contribution in [3.05, 3.63) is 102 Å². The quantitative estimate of drug-likeness (QED) is 0.623. The molecule has 0 aliphatic carbocycles. The van der Waals surface area contributed by atoms with Crippen molar-refractivity contribution in [2.45, 2.75) is 18.9 Å². The van der Waals surface area contributed by atoms with Crippen LogP contribution in [0.5, 0.6) is 0 Å². The molecule has 0 amide bonds. The maximum atomic E-state index is 12.9. The van der Waals surface area contributed by atoms with Crippen LogP contribution in [0.3, 0.4) is 0 Å². The number of carbonyl (C=O) groups excluding carboxylic acids is 1. The molecule has 0 saturated carbocycles. The molecule has 0 bridgehead atoms. The maximum absolute atomic E-state index is 12.9. The lowest BCUT2D eigenvalue weighted by atomic mass is 10.1. The van der Waals surface area contributed by atoms with Crippen LogP contribution in [0, 0.1) is 5.82 Å². The first-order valence-electron chi connectivity index (χ1n) is 8.12. The van der Waals surface area contributed by atoms with Crippen LogP contribution in [0.4, 0.5) is 4.39 Å². The van der Waals surface area contributed by atoms with E-state index in [1.54, 1.807) is 18.3 Å².